The summed E-state index contributed by atoms with van der Waals surface area (Å²) >= 11 is 1.37. The number of rotatable bonds is 7. The zero-order valence-corrected chi connectivity index (χ0v) is 15.2. The lowest BCUT2D eigenvalue weighted by atomic mass is 10.1. The minimum absolute atomic E-state index is 0.0694. The Hall–Kier alpha value is -1.93. The average Bonchev–Trinajstić information content (AvgIpc) is 3.14. The maximum absolute atomic E-state index is 12.4. The van der Waals surface area contributed by atoms with Gasteiger partial charge in [-0.3, -0.25) is 14.9 Å². The summed E-state index contributed by atoms with van der Waals surface area (Å²) in [5.41, 5.74) is 0.915. The molecule has 25 heavy (non-hydrogen) atoms. The molecule has 0 bridgehead atoms. The molecule has 3 heterocycles. The molecule has 0 radical (unpaired) electrons. The van der Waals surface area contributed by atoms with Gasteiger partial charge in [0.25, 0.3) is 0 Å². The number of nitrogens with zero attached hydrogens (tertiary/aromatic N) is 4. The van der Waals surface area contributed by atoms with Crippen LogP contribution < -0.4 is 0 Å². The first-order valence-corrected chi connectivity index (χ1v) is 9.56. The number of likely N-dealkylation sites (tertiary alicyclic amines) is 1. The molecule has 1 atom stereocenters. The van der Waals surface area contributed by atoms with Gasteiger partial charge < -0.3 is 9.64 Å². The lowest BCUT2D eigenvalue weighted by molar-refractivity contribution is -0.132. The molecule has 0 aromatic carbocycles. The number of carbonyl (C=O) groups is 1. The molecule has 2 aromatic rings. The van der Waals surface area contributed by atoms with Crippen LogP contribution in [0.2, 0.25) is 0 Å². The molecule has 1 aliphatic rings. The van der Waals surface area contributed by atoms with Crippen molar-refractivity contribution in [1.29, 1.82) is 0 Å². The number of pyridine rings is 1. The summed E-state index contributed by atoms with van der Waals surface area (Å²) in [6.07, 6.45) is 4.58. The first-order valence-electron chi connectivity index (χ1n) is 8.58. The number of aryl methyl sites for hydroxylation is 1. The third kappa shape index (κ3) is 5.27. The van der Waals surface area contributed by atoms with Gasteiger partial charge in [-0.15, -0.1) is 5.10 Å². The van der Waals surface area contributed by atoms with Crippen LogP contribution in [0, 0.1) is 0 Å². The molecule has 3 rings (SSSR count). The molecule has 2 aromatic heterocycles. The van der Waals surface area contributed by atoms with E-state index in [1.165, 1.54) is 11.8 Å². The van der Waals surface area contributed by atoms with E-state index in [1.54, 1.807) is 6.20 Å². The highest BCUT2D eigenvalue weighted by atomic mass is 32.2. The molecule has 8 heteroatoms. The SMILES string of the molecule is CCc1nc(SCC(=O)N2CCC[C@@H](OCc3ccccn3)C2)n[nH]1. The number of nitrogens with one attached hydrogen (secondary N) is 1. The van der Waals surface area contributed by atoms with Gasteiger partial charge in [0.15, 0.2) is 0 Å². The second-order valence-electron chi connectivity index (χ2n) is 5.94. The fourth-order valence-electron chi connectivity index (χ4n) is 2.71. The van der Waals surface area contributed by atoms with Gasteiger partial charge in [0, 0.05) is 25.7 Å². The summed E-state index contributed by atoms with van der Waals surface area (Å²) in [7, 11) is 0. The van der Waals surface area contributed by atoms with Crippen LogP contribution in [0.1, 0.15) is 31.3 Å². The Morgan fingerprint density at radius 2 is 2.40 bits per heavy atom. The number of thioether (sulfide) groups is 1. The van der Waals surface area contributed by atoms with Crippen molar-refractivity contribution in [3.63, 3.8) is 0 Å². The largest absolute Gasteiger partial charge is 0.370 e. The van der Waals surface area contributed by atoms with Crippen LogP contribution in [0.5, 0.6) is 0 Å². The number of carbonyl (C=O) groups excluding carboxylic acids is 1. The topological polar surface area (TPSA) is 84.0 Å². The summed E-state index contributed by atoms with van der Waals surface area (Å²) in [5.74, 6) is 1.31. The highest BCUT2D eigenvalue weighted by molar-refractivity contribution is 7.99. The molecule has 1 fully saturated rings. The van der Waals surface area contributed by atoms with Crippen molar-refractivity contribution in [3.8, 4) is 0 Å². The number of hydrogen-bond acceptors (Lipinski definition) is 6. The van der Waals surface area contributed by atoms with Gasteiger partial charge in [-0.05, 0) is 25.0 Å². The number of ether oxygens (including phenoxy) is 1. The Bertz CT molecular complexity index is 679. The molecule has 1 aliphatic heterocycles. The zero-order chi connectivity index (χ0) is 17.5. The Labute approximate surface area is 151 Å². The van der Waals surface area contributed by atoms with Gasteiger partial charge in [-0.2, -0.15) is 0 Å². The molecule has 1 saturated heterocycles. The van der Waals surface area contributed by atoms with Crippen LogP contribution in [-0.2, 0) is 22.6 Å². The standard InChI is InChI=1S/C17H23N5O2S/c1-2-15-19-17(21-20-15)25-12-16(23)22-9-5-7-14(10-22)24-11-13-6-3-4-8-18-13/h3-4,6,8,14H,2,5,7,9-12H2,1H3,(H,19,20,21)/t14-/m1/s1. The Balaban J connectivity index is 1.44. The molecule has 0 aliphatic carbocycles. The number of aromatic amines is 1. The monoisotopic (exact) mass is 361 g/mol. The third-order valence-electron chi connectivity index (χ3n) is 4.09. The highest BCUT2D eigenvalue weighted by Crippen LogP contribution is 2.18. The molecule has 0 spiro atoms. The minimum atomic E-state index is 0.0694. The molecule has 1 N–H and O–H groups in total. The number of hydrogen-bond donors (Lipinski definition) is 1. The number of H-pyrrole nitrogens is 1. The zero-order valence-electron chi connectivity index (χ0n) is 14.4. The Morgan fingerprint density at radius 1 is 1.48 bits per heavy atom. The predicted octanol–water partition coefficient (Wildman–Crippen LogP) is 2.06. The van der Waals surface area contributed by atoms with Gasteiger partial charge in [-0.1, -0.05) is 24.8 Å². The van der Waals surface area contributed by atoms with Crippen LogP contribution in [-0.4, -0.2) is 55.9 Å². The normalized spacial score (nSPS) is 17.6. The molecule has 7 nitrogen and oxygen atoms in total. The van der Waals surface area contributed by atoms with Gasteiger partial charge >= 0.3 is 0 Å². The van der Waals surface area contributed by atoms with Crippen molar-refractivity contribution in [3.05, 3.63) is 35.9 Å². The molecular weight excluding hydrogens is 338 g/mol. The Morgan fingerprint density at radius 3 is 3.16 bits per heavy atom. The van der Waals surface area contributed by atoms with Crippen molar-refractivity contribution in [2.24, 2.45) is 0 Å². The number of piperidine rings is 1. The maximum atomic E-state index is 12.4. The van der Waals surface area contributed by atoms with Crippen molar-refractivity contribution >= 4 is 17.7 Å². The van der Waals surface area contributed by atoms with Crippen LogP contribution in [0.15, 0.2) is 29.6 Å². The van der Waals surface area contributed by atoms with Crippen molar-refractivity contribution in [1.82, 2.24) is 25.1 Å². The summed E-state index contributed by atoms with van der Waals surface area (Å²) in [6, 6.07) is 5.79. The van der Waals surface area contributed by atoms with E-state index in [0.717, 1.165) is 37.3 Å². The van der Waals surface area contributed by atoms with Crippen LogP contribution in [0.3, 0.4) is 0 Å². The van der Waals surface area contributed by atoms with Gasteiger partial charge in [0.1, 0.15) is 5.82 Å². The molecule has 1 amide bonds. The lowest BCUT2D eigenvalue weighted by Gasteiger charge is -2.32. The summed E-state index contributed by atoms with van der Waals surface area (Å²) in [5, 5.41) is 7.60. The lowest BCUT2D eigenvalue weighted by Crippen LogP contribution is -2.44. The van der Waals surface area contributed by atoms with E-state index >= 15 is 0 Å². The summed E-state index contributed by atoms with van der Waals surface area (Å²) in [6.45, 7) is 3.93. The van der Waals surface area contributed by atoms with Gasteiger partial charge in [0.05, 0.1) is 24.2 Å². The van der Waals surface area contributed by atoms with Crippen molar-refractivity contribution in [2.75, 3.05) is 18.8 Å². The quantitative estimate of drug-likeness (QED) is 0.760. The van der Waals surface area contributed by atoms with E-state index < -0.39 is 0 Å². The smallest absolute Gasteiger partial charge is 0.233 e. The summed E-state index contributed by atoms with van der Waals surface area (Å²) in [4.78, 5) is 22.9. The van der Waals surface area contributed by atoms with E-state index in [2.05, 4.69) is 20.2 Å². The average molecular weight is 361 g/mol. The van der Waals surface area contributed by atoms with E-state index in [0.29, 0.717) is 24.1 Å². The molecule has 0 saturated carbocycles. The minimum Gasteiger partial charge on any atom is -0.370 e. The first-order chi connectivity index (χ1) is 12.2. The number of aromatic nitrogens is 4. The fraction of sp³-hybridized carbons (Fsp3) is 0.529. The second kappa shape index (κ2) is 8.96. The van der Waals surface area contributed by atoms with Crippen LogP contribution in [0.25, 0.3) is 0 Å². The second-order valence-corrected chi connectivity index (χ2v) is 6.89. The van der Waals surface area contributed by atoms with E-state index in [-0.39, 0.29) is 12.0 Å². The van der Waals surface area contributed by atoms with E-state index in [1.807, 2.05) is 30.0 Å². The first kappa shape index (κ1) is 17.9. The fourth-order valence-corrected chi connectivity index (χ4v) is 3.43. The molecule has 0 unspecified atom stereocenters. The van der Waals surface area contributed by atoms with Crippen LogP contribution >= 0.6 is 11.8 Å². The molecular formula is C17H23N5O2S. The van der Waals surface area contributed by atoms with Crippen molar-refractivity contribution in [2.45, 2.75) is 44.1 Å². The van der Waals surface area contributed by atoms with Gasteiger partial charge in [-0.25, -0.2) is 4.98 Å². The number of amides is 1. The maximum Gasteiger partial charge on any atom is 0.233 e. The van der Waals surface area contributed by atoms with Crippen molar-refractivity contribution < 1.29 is 9.53 Å². The Kier molecular flexibility index (Phi) is 6.41. The predicted molar refractivity (Wildman–Crippen MR) is 95.1 cm³/mol. The van der Waals surface area contributed by atoms with E-state index in [4.69, 9.17) is 4.74 Å². The third-order valence-corrected chi connectivity index (χ3v) is 4.93. The van der Waals surface area contributed by atoms with Crippen LogP contribution in [0.4, 0.5) is 0 Å². The highest BCUT2D eigenvalue weighted by Gasteiger charge is 2.24. The van der Waals surface area contributed by atoms with Gasteiger partial charge in [0.2, 0.25) is 11.1 Å². The summed E-state index contributed by atoms with van der Waals surface area (Å²) < 4.78 is 5.94. The van der Waals surface area contributed by atoms with E-state index in [9.17, 15) is 4.79 Å². The molecule has 134 valence electrons.